The molecule has 2 N–H and O–H groups in total. The monoisotopic (exact) mass is 378 g/mol. The van der Waals surface area contributed by atoms with E-state index in [1.165, 1.54) is 44.1 Å². The average Bonchev–Trinajstić information content (AvgIpc) is 2.91. The lowest BCUT2D eigenvalue weighted by atomic mass is 10.1. The summed E-state index contributed by atoms with van der Waals surface area (Å²) in [5, 5.41) is 10.9. The summed E-state index contributed by atoms with van der Waals surface area (Å²) >= 11 is 0. The van der Waals surface area contributed by atoms with E-state index in [0.29, 0.717) is 12.6 Å². The summed E-state index contributed by atoms with van der Waals surface area (Å²) < 4.78 is 11.5. The second kappa shape index (κ2) is 12.8. The van der Waals surface area contributed by atoms with Crippen molar-refractivity contribution in [3.63, 3.8) is 0 Å². The smallest absolute Gasteiger partial charge is 0.191 e. The zero-order chi connectivity index (χ0) is 19.3. The van der Waals surface area contributed by atoms with Gasteiger partial charge in [0.05, 0.1) is 11.8 Å². The molecule has 1 fully saturated rings. The van der Waals surface area contributed by atoms with Crippen molar-refractivity contribution in [1.29, 1.82) is 0 Å². The second-order valence-electron chi connectivity index (χ2n) is 7.28. The Kier molecular flexibility index (Phi) is 10.3. The second-order valence-corrected chi connectivity index (χ2v) is 7.28. The summed E-state index contributed by atoms with van der Waals surface area (Å²) in [6, 6.07) is 0. The molecule has 1 saturated carbocycles. The fraction of sp³-hybridized carbons (Fsp3) is 0.810. The van der Waals surface area contributed by atoms with E-state index >= 15 is 0 Å². The van der Waals surface area contributed by atoms with Crippen LogP contribution >= 0.6 is 0 Å². The first-order valence-corrected chi connectivity index (χ1v) is 10.8. The molecule has 2 rings (SSSR count). The zero-order valence-corrected chi connectivity index (χ0v) is 17.5. The lowest BCUT2D eigenvalue weighted by molar-refractivity contribution is 0.0411. The largest absolute Gasteiger partial charge is 0.378 e. The van der Waals surface area contributed by atoms with Crippen molar-refractivity contribution >= 4 is 5.96 Å². The van der Waals surface area contributed by atoms with Crippen LogP contribution in [-0.2, 0) is 24.1 Å². The molecule has 154 valence electrons. The maximum Gasteiger partial charge on any atom is 0.191 e. The summed E-state index contributed by atoms with van der Waals surface area (Å²) in [5.74, 6) is 1.79. The molecule has 0 radical (unpaired) electrons. The fourth-order valence-electron chi connectivity index (χ4n) is 3.62. The Bertz CT molecular complexity index is 527. The Balaban J connectivity index is 1.61. The van der Waals surface area contributed by atoms with E-state index in [2.05, 4.69) is 34.6 Å². The Labute approximate surface area is 164 Å². The van der Waals surface area contributed by atoms with E-state index in [1.807, 2.05) is 0 Å². The first-order valence-electron chi connectivity index (χ1n) is 10.8. The van der Waals surface area contributed by atoms with Gasteiger partial charge >= 0.3 is 0 Å². The van der Waals surface area contributed by atoms with Crippen molar-refractivity contribution in [1.82, 2.24) is 15.8 Å². The summed E-state index contributed by atoms with van der Waals surface area (Å²) in [5.41, 5.74) is 2.20. The van der Waals surface area contributed by atoms with Gasteiger partial charge in [-0.15, -0.1) is 0 Å². The summed E-state index contributed by atoms with van der Waals surface area (Å²) in [6.07, 6.45) is 12.3. The van der Waals surface area contributed by atoms with Crippen LogP contribution in [0, 0.1) is 0 Å². The van der Waals surface area contributed by atoms with Crippen LogP contribution in [0.15, 0.2) is 9.52 Å². The highest BCUT2D eigenvalue weighted by atomic mass is 16.5. The molecule has 1 heterocycles. The van der Waals surface area contributed by atoms with E-state index < -0.39 is 0 Å². The molecular weight excluding hydrogens is 340 g/mol. The number of nitrogens with one attached hydrogen (secondary N) is 2. The maximum atomic E-state index is 6.05. The van der Waals surface area contributed by atoms with Crippen LogP contribution in [0.3, 0.4) is 0 Å². The number of hydrogen-bond donors (Lipinski definition) is 2. The fourth-order valence-corrected chi connectivity index (χ4v) is 3.62. The van der Waals surface area contributed by atoms with Gasteiger partial charge in [-0.3, -0.25) is 4.99 Å². The number of nitrogens with zero attached hydrogens (tertiary/aromatic N) is 2. The molecule has 0 bridgehead atoms. The number of aromatic nitrogens is 1. The van der Waals surface area contributed by atoms with E-state index in [4.69, 9.17) is 9.26 Å². The van der Waals surface area contributed by atoms with Crippen molar-refractivity contribution in [2.24, 2.45) is 4.99 Å². The van der Waals surface area contributed by atoms with Gasteiger partial charge in [-0.2, -0.15) is 0 Å². The van der Waals surface area contributed by atoms with Crippen LogP contribution in [0.25, 0.3) is 0 Å². The Morgan fingerprint density at radius 2 is 1.89 bits per heavy atom. The van der Waals surface area contributed by atoms with Gasteiger partial charge < -0.3 is 19.9 Å². The molecule has 0 unspecified atom stereocenters. The summed E-state index contributed by atoms with van der Waals surface area (Å²) in [4.78, 5) is 4.31. The van der Waals surface area contributed by atoms with E-state index in [0.717, 1.165) is 56.2 Å². The molecule has 1 aliphatic rings. The number of ether oxygens (including phenoxy) is 1. The Hall–Kier alpha value is -1.56. The quantitative estimate of drug-likeness (QED) is 0.279. The summed E-state index contributed by atoms with van der Waals surface area (Å²) in [7, 11) is 1.81. The minimum absolute atomic E-state index is 0.499. The topological polar surface area (TPSA) is 71.7 Å². The third-order valence-corrected chi connectivity index (χ3v) is 5.28. The minimum Gasteiger partial charge on any atom is -0.378 e. The first-order chi connectivity index (χ1) is 13.3. The van der Waals surface area contributed by atoms with Gasteiger partial charge in [0.1, 0.15) is 5.76 Å². The SMILES string of the molecule is CCc1noc(CC)c1CNC(=NC)NCCCCOC1CCCCCC1. The predicted molar refractivity (Wildman–Crippen MR) is 110 cm³/mol. The van der Waals surface area contributed by atoms with Crippen LogP contribution < -0.4 is 10.6 Å². The molecule has 1 aliphatic carbocycles. The zero-order valence-electron chi connectivity index (χ0n) is 17.5. The molecule has 0 saturated heterocycles. The molecule has 0 aromatic carbocycles. The highest BCUT2D eigenvalue weighted by Crippen LogP contribution is 2.20. The van der Waals surface area contributed by atoms with Gasteiger partial charge in [0, 0.05) is 38.7 Å². The number of guanidine groups is 1. The lowest BCUT2D eigenvalue weighted by Gasteiger charge is -2.15. The standard InChI is InChI=1S/C21H38N4O2/c1-4-19-18(20(5-2)27-25-19)16-24-21(22-3)23-14-10-11-15-26-17-12-8-6-7-9-13-17/h17H,4-16H2,1-3H3,(H2,22,23,24). The third kappa shape index (κ3) is 7.53. The van der Waals surface area contributed by atoms with Crippen LogP contribution in [0.5, 0.6) is 0 Å². The number of hydrogen-bond acceptors (Lipinski definition) is 4. The van der Waals surface area contributed by atoms with Crippen molar-refractivity contribution < 1.29 is 9.26 Å². The molecule has 6 heteroatoms. The number of unbranched alkanes of at least 4 members (excludes halogenated alkanes) is 1. The number of aryl methyl sites for hydroxylation is 2. The van der Waals surface area contributed by atoms with Crippen molar-refractivity contribution in [3.8, 4) is 0 Å². The number of rotatable bonds is 10. The Morgan fingerprint density at radius 3 is 2.56 bits per heavy atom. The van der Waals surface area contributed by atoms with Gasteiger partial charge in [-0.05, 0) is 32.1 Å². The van der Waals surface area contributed by atoms with Gasteiger partial charge in [0.15, 0.2) is 5.96 Å². The third-order valence-electron chi connectivity index (χ3n) is 5.28. The van der Waals surface area contributed by atoms with Crippen LogP contribution in [0.1, 0.15) is 82.2 Å². The molecular formula is C21H38N4O2. The van der Waals surface area contributed by atoms with E-state index in [-0.39, 0.29) is 0 Å². The van der Waals surface area contributed by atoms with Gasteiger partial charge in [-0.1, -0.05) is 44.7 Å². The van der Waals surface area contributed by atoms with Gasteiger partial charge in [-0.25, -0.2) is 0 Å². The highest BCUT2D eigenvalue weighted by molar-refractivity contribution is 5.79. The molecule has 0 amide bonds. The normalized spacial score (nSPS) is 16.3. The molecule has 1 aromatic heterocycles. The maximum absolute atomic E-state index is 6.05. The van der Waals surface area contributed by atoms with Gasteiger partial charge in [0.25, 0.3) is 0 Å². The summed E-state index contributed by atoms with van der Waals surface area (Å²) in [6.45, 7) is 6.66. The lowest BCUT2D eigenvalue weighted by Crippen LogP contribution is -2.37. The van der Waals surface area contributed by atoms with Crippen LogP contribution in [0.2, 0.25) is 0 Å². The first kappa shape index (κ1) is 21.7. The van der Waals surface area contributed by atoms with Gasteiger partial charge in [0.2, 0.25) is 0 Å². The molecule has 27 heavy (non-hydrogen) atoms. The molecule has 6 nitrogen and oxygen atoms in total. The van der Waals surface area contributed by atoms with E-state index in [1.54, 1.807) is 7.05 Å². The van der Waals surface area contributed by atoms with Crippen molar-refractivity contribution in [3.05, 3.63) is 17.0 Å². The molecule has 0 aliphatic heterocycles. The predicted octanol–water partition coefficient (Wildman–Crippen LogP) is 3.98. The Morgan fingerprint density at radius 1 is 1.11 bits per heavy atom. The average molecular weight is 379 g/mol. The molecule has 1 aromatic rings. The van der Waals surface area contributed by atoms with Crippen LogP contribution in [0.4, 0.5) is 0 Å². The highest BCUT2D eigenvalue weighted by Gasteiger charge is 2.14. The van der Waals surface area contributed by atoms with E-state index in [9.17, 15) is 0 Å². The number of aliphatic imine (C=N–C) groups is 1. The van der Waals surface area contributed by atoms with Crippen LogP contribution in [-0.4, -0.2) is 37.4 Å². The molecule has 0 atom stereocenters. The molecule has 0 spiro atoms. The minimum atomic E-state index is 0.499. The van der Waals surface area contributed by atoms with Crippen molar-refractivity contribution in [2.75, 3.05) is 20.2 Å². The van der Waals surface area contributed by atoms with Crippen molar-refractivity contribution in [2.45, 2.75) is 90.7 Å².